The lowest BCUT2D eigenvalue weighted by Gasteiger charge is -2.10. The maximum Gasteiger partial charge on any atom is 0.229 e. The Labute approximate surface area is 95.7 Å². The molecule has 0 saturated heterocycles. The second-order valence-corrected chi connectivity index (χ2v) is 5.92. The first-order valence-corrected chi connectivity index (χ1v) is 7.08. The molecule has 5 heteroatoms. The van der Waals surface area contributed by atoms with Gasteiger partial charge in [0, 0.05) is 5.69 Å². The van der Waals surface area contributed by atoms with Gasteiger partial charge in [-0.05, 0) is 43.5 Å². The molecule has 0 unspecified atom stereocenters. The lowest BCUT2D eigenvalue weighted by molar-refractivity contribution is 0.301. The van der Waals surface area contributed by atoms with E-state index in [0.717, 1.165) is 30.4 Å². The van der Waals surface area contributed by atoms with E-state index in [4.69, 9.17) is 4.74 Å². The molecule has 2 rings (SSSR count). The van der Waals surface area contributed by atoms with Crippen LogP contribution in [-0.2, 0) is 10.0 Å². The molecular weight excluding hydrogens is 226 g/mol. The Morgan fingerprint density at radius 3 is 2.56 bits per heavy atom. The van der Waals surface area contributed by atoms with E-state index in [-0.39, 0.29) is 0 Å². The zero-order valence-corrected chi connectivity index (χ0v) is 10.2. The number of benzene rings is 1. The molecule has 1 aliphatic carbocycles. The van der Waals surface area contributed by atoms with Crippen LogP contribution in [0.5, 0.6) is 5.75 Å². The van der Waals surface area contributed by atoms with E-state index in [1.165, 1.54) is 0 Å². The van der Waals surface area contributed by atoms with Crippen molar-refractivity contribution in [3.8, 4) is 5.75 Å². The van der Waals surface area contributed by atoms with Crippen LogP contribution in [0.4, 0.5) is 5.69 Å². The zero-order chi connectivity index (χ0) is 11.8. The molecule has 4 nitrogen and oxygen atoms in total. The fourth-order valence-electron chi connectivity index (χ4n) is 1.42. The normalized spacial score (nSPS) is 15.9. The molecule has 16 heavy (non-hydrogen) atoms. The number of anilines is 1. The highest BCUT2D eigenvalue weighted by molar-refractivity contribution is 7.92. The van der Waals surface area contributed by atoms with Crippen LogP contribution in [0.25, 0.3) is 0 Å². The molecule has 0 heterocycles. The van der Waals surface area contributed by atoms with E-state index >= 15 is 0 Å². The summed E-state index contributed by atoms with van der Waals surface area (Å²) in [6.07, 6.45) is 3.72. The van der Waals surface area contributed by atoms with Crippen LogP contribution in [0.3, 0.4) is 0 Å². The molecule has 1 fully saturated rings. The lowest BCUT2D eigenvalue weighted by atomic mass is 10.2. The van der Waals surface area contributed by atoms with Gasteiger partial charge >= 0.3 is 0 Å². The molecule has 1 aromatic rings. The van der Waals surface area contributed by atoms with Crippen LogP contribution >= 0.6 is 0 Å². The molecule has 1 aliphatic rings. The van der Waals surface area contributed by atoms with Crippen LogP contribution in [0.1, 0.15) is 18.4 Å². The fourth-order valence-corrected chi connectivity index (χ4v) is 1.98. The number of hydrogen-bond donors (Lipinski definition) is 1. The summed E-state index contributed by atoms with van der Waals surface area (Å²) in [5, 5.41) is 0. The monoisotopic (exact) mass is 241 g/mol. The summed E-state index contributed by atoms with van der Waals surface area (Å²) in [5.74, 6) is 0.835. The van der Waals surface area contributed by atoms with Crippen molar-refractivity contribution < 1.29 is 13.2 Å². The van der Waals surface area contributed by atoms with Crippen LogP contribution in [0.15, 0.2) is 18.2 Å². The molecule has 0 aliphatic heterocycles. The average molecular weight is 241 g/mol. The van der Waals surface area contributed by atoms with E-state index in [9.17, 15) is 8.42 Å². The second-order valence-electron chi connectivity index (χ2n) is 4.17. The van der Waals surface area contributed by atoms with Gasteiger partial charge in [-0.1, -0.05) is 0 Å². The van der Waals surface area contributed by atoms with Crippen LogP contribution in [-0.4, -0.2) is 20.8 Å². The standard InChI is InChI=1S/C11H15NO3S/c1-8-7-9(12-16(2,13)14)3-6-11(8)15-10-4-5-10/h3,6-7,10,12H,4-5H2,1-2H3. The maximum absolute atomic E-state index is 11.0. The minimum Gasteiger partial charge on any atom is -0.490 e. The molecule has 1 N–H and O–H groups in total. The molecule has 0 radical (unpaired) electrons. The number of aryl methyl sites for hydroxylation is 1. The Hall–Kier alpha value is -1.23. The minimum absolute atomic E-state index is 0.354. The van der Waals surface area contributed by atoms with Crippen LogP contribution in [0.2, 0.25) is 0 Å². The molecule has 0 bridgehead atoms. The Morgan fingerprint density at radius 1 is 1.38 bits per heavy atom. The highest BCUT2D eigenvalue weighted by atomic mass is 32.2. The smallest absolute Gasteiger partial charge is 0.229 e. The molecule has 1 saturated carbocycles. The molecule has 88 valence electrons. The number of ether oxygens (including phenoxy) is 1. The first-order chi connectivity index (χ1) is 7.44. The summed E-state index contributed by atoms with van der Waals surface area (Å²) in [4.78, 5) is 0. The zero-order valence-electron chi connectivity index (χ0n) is 9.36. The molecule has 0 spiro atoms. The van der Waals surface area contributed by atoms with Gasteiger partial charge in [0.2, 0.25) is 10.0 Å². The molecule has 0 aromatic heterocycles. The first kappa shape index (κ1) is 11.3. The van der Waals surface area contributed by atoms with Gasteiger partial charge in [0.15, 0.2) is 0 Å². The van der Waals surface area contributed by atoms with Crippen LogP contribution in [0, 0.1) is 6.92 Å². The number of hydrogen-bond acceptors (Lipinski definition) is 3. The van der Waals surface area contributed by atoms with Crippen molar-refractivity contribution in [1.82, 2.24) is 0 Å². The van der Waals surface area contributed by atoms with Gasteiger partial charge in [-0.3, -0.25) is 4.72 Å². The van der Waals surface area contributed by atoms with Crippen LogP contribution < -0.4 is 9.46 Å². The highest BCUT2D eigenvalue weighted by Gasteiger charge is 2.24. The average Bonchev–Trinajstić information content (AvgIpc) is 2.90. The SMILES string of the molecule is Cc1cc(NS(C)(=O)=O)ccc1OC1CC1. The van der Waals surface area contributed by atoms with Gasteiger partial charge in [0.25, 0.3) is 0 Å². The Kier molecular flexibility index (Phi) is 2.80. The Balaban J connectivity index is 2.14. The number of nitrogens with one attached hydrogen (secondary N) is 1. The lowest BCUT2D eigenvalue weighted by Crippen LogP contribution is -2.09. The predicted octanol–water partition coefficient (Wildman–Crippen LogP) is 1.91. The second kappa shape index (κ2) is 3.97. The van der Waals surface area contributed by atoms with Gasteiger partial charge in [-0.15, -0.1) is 0 Å². The highest BCUT2D eigenvalue weighted by Crippen LogP contribution is 2.30. The molecule has 0 amide bonds. The first-order valence-electron chi connectivity index (χ1n) is 5.19. The van der Waals surface area contributed by atoms with E-state index in [0.29, 0.717) is 11.8 Å². The van der Waals surface area contributed by atoms with E-state index in [2.05, 4.69) is 4.72 Å². The number of sulfonamides is 1. The molecular formula is C11H15NO3S. The van der Waals surface area contributed by atoms with Crippen molar-refractivity contribution in [3.05, 3.63) is 23.8 Å². The van der Waals surface area contributed by atoms with Gasteiger partial charge < -0.3 is 4.74 Å². The summed E-state index contributed by atoms with van der Waals surface area (Å²) in [6, 6.07) is 5.30. The van der Waals surface area contributed by atoms with Crippen molar-refractivity contribution in [1.29, 1.82) is 0 Å². The third-order valence-electron chi connectivity index (χ3n) is 2.30. The van der Waals surface area contributed by atoms with Crippen molar-refractivity contribution in [3.63, 3.8) is 0 Å². The van der Waals surface area contributed by atoms with Gasteiger partial charge in [0.05, 0.1) is 12.4 Å². The van der Waals surface area contributed by atoms with Crippen molar-refractivity contribution in [2.75, 3.05) is 11.0 Å². The van der Waals surface area contributed by atoms with Gasteiger partial charge in [0.1, 0.15) is 5.75 Å². The Bertz CT molecular complexity index is 492. The van der Waals surface area contributed by atoms with Crippen molar-refractivity contribution in [2.45, 2.75) is 25.9 Å². The topological polar surface area (TPSA) is 55.4 Å². The maximum atomic E-state index is 11.0. The summed E-state index contributed by atoms with van der Waals surface area (Å²) in [7, 11) is -3.21. The third kappa shape index (κ3) is 3.13. The molecule has 1 aromatic carbocycles. The minimum atomic E-state index is -3.21. The molecule has 0 atom stereocenters. The van der Waals surface area contributed by atoms with E-state index < -0.39 is 10.0 Å². The van der Waals surface area contributed by atoms with E-state index in [1.54, 1.807) is 18.2 Å². The fraction of sp³-hybridized carbons (Fsp3) is 0.455. The predicted molar refractivity (Wildman–Crippen MR) is 63.3 cm³/mol. The summed E-state index contributed by atoms with van der Waals surface area (Å²) < 4.78 is 30.2. The summed E-state index contributed by atoms with van der Waals surface area (Å²) >= 11 is 0. The van der Waals surface area contributed by atoms with Gasteiger partial charge in [-0.2, -0.15) is 0 Å². The van der Waals surface area contributed by atoms with E-state index in [1.807, 2.05) is 6.92 Å². The Morgan fingerprint density at radius 2 is 2.06 bits per heavy atom. The van der Waals surface area contributed by atoms with Gasteiger partial charge in [-0.25, -0.2) is 8.42 Å². The van der Waals surface area contributed by atoms with Crippen molar-refractivity contribution in [2.24, 2.45) is 0 Å². The summed E-state index contributed by atoms with van der Waals surface area (Å²) in [5.41, 5.74) is 1.52. The number of rotatable bonds is 4. The largest absolute Gasteiger partial charge is 0.490 e. The van der Waals surface area contributed by atoms with Crippen molar-refractivity contribution >= 4 is 15.7 Å². The quantitative estimate of drug-likeness (QED) is 0.876. The summed E-state index contributed by atoms with van der Waals surface area (Å²) in [6.45, 7) is 1.91. The third-order valence-corrected chi connectivity index (χ3v) is 2.90.